The Morgan fingerprint density at radius 1 is 1.20 bits per heavy atom. The molecule has 1 unspecified atom stereocenters. The van der Waals surface area contributed by atoms with Crippen LogP contribution in [0.3, 0.4) is 0 Å². The highest BCUT2D eigenvalue weighted by Crippen LogP contribution is 2.15. The van der Waals surface area contributed by atoms with Crippen molar-refractivity contribution in [3.05, 3.63) is 6.42 Å². The molecule has 1 radical (unpaired) electrons. The summed E-state index contributed by atoms with van der Waals surface area (Å²) in [6.45, 7) is 6.37. The number of nitrogens with zero attached hydrogens (tertiary/aromatic N) is 1. The van der Waals surface area contributed by atoms with Crippen LogP contribution in [0.25, 0.3) is 0 Å². The lowest BCUT2D eigenvalue weighted by molar-refractivity contribution is 0.244. The average molecular weight is 209 g/mol. The summed E-state index contributed by atoms with van der Waals surface area (Å²) in [4.78, 5) is 2.66. The van der Waals surface area contributed by atoms with Gasteiger partial charge in [0.2, 0.25) is 0 Å². The monoisotopic (exact) mass is 209 g/mol. The molecule has 0 aromatic carbocycles. The highest BCUT2D eigenvalue weighted by atomic mass is 15.1. The van der Waals surface area contributed by atoms with Crippen molar-refractivity contribution < 1.29 is 0 Å². The van der Waals surface area contributed by atoms with Gasteiger partial charge in [-0.3, -0.25) is 0 Å². The van der Waals surface area contributed by atoms with Crippen LogP contribution in [0.5, 0.6) is 0 Å². The van der Waals surface area contributed by atoms with Crippen molar-refractivity contribution >= 4 is 0 Å². The first kappa shape index (κ1) is 11.4. The Morgan fingerprint density at radius 3 is 3.20 bits per heavy atom. The molecular formula is C13H25N2. The molecule has 1 atom stereocenters. The van der Waals surface area contributed by atoms with E-state index in [0.717, 1.165) is 5.92 Å². The largest absolute Gasteiger partial charge is 0.316 e. The second kappa shape index (κ2) is 6.49. The molecule has 2 saturated heterocycles. The zero-order valence-electron chi connectivity index (χ0n) is 9.88. The molecule has 1 N–H and O–H groups in total. The summed E-state index contributed by atoms with van der Waals surface area (Å²) in [5.41, 5.74) is 0. The molecule has 15 heavy (non-hydrogen) atoms. The molecule has 2 aliphatic heterocycles. The summed E-state index contributed by atoms with van der Waals surface area (Å²) < 4.78 is 0. The van der Waals surface area contributed by atoms with Crippen LogP contribution in [0.4, 0.5) is 0 Å². The van der Waals surface area contributed by atoms with Crippen molar-refractivity contribution in [3.8, 4) is 0 Å². The van der Waals surface area contributed by atoms with Crippen LogP contribution in [-0.2, 0) is 0 Å². The van der Waals surface area contributed by atoms with Crippen LogP contribution >= 0.6 is 0 Å². The van der Waals surface area contributed by atoms with E-state index < -0.39 is 0 Å². The van der Waals surface area contributed by atoms with Crippen LogP contribution in [-0.4, -0.2) is 37.6 Å². The fourth-order valence-electron chi connectivity index (χ4n) is 2.77. The Hall–Kier alpha value is -0.0800. The maximum absolute atomic E-state index is 3.57. The quantitative estimate of drug-likeness (QED) is 0.749. The Kier molecular flexibility index (Phi) is 4.94. The van der Waals surface area contributed by atoms with Crippen molar-refractivity contribution in [2.45, 2.75) is 38.5 Å². The van der Waals surface area contributed by atoms with E-state index in [2.05, 4.69) is 16.6 Å². The minimum Gasteiger partial charge on any atom is -0.316 e. The van der Waals surface area contributed by atoms with Crippen LogP contribution in [0.2, 0.25) is 0 Å². The van der Waals surface area contributed by atoms with E-state index in [1.165, 1.54) is 71.2 Å². The van der Waals surface area contributed by atoms with Gasteiger partial charge in [-0.1, -0.05) is 12.8 Å². The molecule has 2 fully saturated rings. The number of nitrogens with one attached hydrogen (secondary N) is 1. The van der Waals surface area contributed by atoms with Crippen LogP contribution < -0.4 is 5.32 Å². The third kappa shape index (κ3) is 4.12. The Balaban J connectivity index is 1.73. The number of hydrogen-bond acceptors (Lipinski definition) is 2. The van der Waals surface area contributed by atoms with E-state index in [1.807, 2.05) is 0 Å². The molecule has 0 spiro atoms. The van der Waals surface area contributed by atoms with Crippen molar-refractivity contribution in [2.75, 3.05) is 32.7 Å². The van der Waals surface area contributed by atoms with Crippen molar-refractivity contribution in [3.63, 3.8) is 0 Å². The average Bonchev–Trinajstić information content (AvgIpc) is 2.63. The summed E-state index contributed by atoms with van der Waals surface area (Å²) in [5.74, 6) is 0.902. The first-order chi connectivity index (χ1) is 7.45. The predicted octanol–water partition coefficient (Wildman–Crippen LogP) is 2.07. The van der Waals surface area contributed by atoms with Crippen LogP contribution in [0.1, 0.15) is 38.5 Å². The van der Waals surface area contributed by atoms with E-state index in [9.17, 15) is 0 Å². The lowest BCUT2D eigenvalue weighted by Crippen LogP contribution is -2.34. The third-order valence-electron chi connectivity index (χ3n) is 3.69. The van der Waals surface area contributed by atoms with Crippen molar-refractivity contribution in [1.29, 1.82) is 0 Å². The van der Waals surface area contributed by atoms with Crippen LogP contribution in [0.15, 0.2) is 0 Å². The Labute approximate surface area is 94.4 Å². The summed E-state index contributed by atoms with van der Waals surface area (Å²) in [6.07, 6.45) is 10.8. The zero-order valence-corrected chi connectivity index (χ0v) is 9.88. The van der Waals surface area contributed by atoms with E-state index >= 15 is 0 Å². The molecular weight excluding hydrogens is 184 g/mol. The van der Waals surface area contributed by atoms with Crippen molar-refractivity contribution in [1.82, 2.24) is 10.2 Å². The maximum Gasteiger partial charge on any atom is 0.00219 e. The molecule has 2 rings (SSSR count). The molecule has 2 heteroatoms. The standard InChI is InChI=1S/C13H25N2/c1-2-6-10-15(9-5-1)12-13-7-3-4-8-14-11-13/h5,13-14H,1-4,6-12H2. The fraction of sp³-hybridized carbons (Fsp3) is 0.923. The minimum atomic E-state index is 0.902. The van der Waals surface area contributed by atoms with Gasteiger partial charge in [0, 0.05) is 13.1 Å². The summed E-state index contributed by atoms with van der Waals surface area (Å²) in [6, 6.07) is 0. The summed E-state index contributed by atoms with van der Waals surface area (Å²) in [5, 5.41) is 3.57. The number of likely N-dealkylation sites (tertiary alicyclic amines) is 1. The normalized spacial score (nSPS) is 30.8. The molecule has 0 aromatic heterocycles. The van der Waals surface area contributed by atoms with E-state index in [4.69, 9.17) is 0 Å². The molecule has 0 saturated carbocycles. The highest BCUT2D eigenvalue weighted by molar-refractivity contribution is 4.79. The Morgan fingerprint density at radius 2 is 2.20 bits per heavy atom. The van der Waals surface area contributed by atoms with Gasteiger partial charge in [-0.05, 0) is 57.7 Å². The zero-order chi connectivity index (χ0) is 10.3. The van der Waals surface area contributed by atoms with Gasteiger partial charge < -0.3 is 10.2 Å². The van der Waals surface area contributed by atoms with Gasteiger partial charge in [-0.15, -0.1) is 0 Å². The molecule has 2 aliphatic rings. The van der Waals surface area contributed by atoms with Gasteiger partial charge in [0.05, 0.1) is 0 Å². The highest BCUT2D eigenvalue weighted by Gasteiger charge is 2.16. The third-order valence-corrected chi connectivity index (χ3v) is 3.69. The van der Waals surface area contributed by atoms with Gasteiger partial charge in [0.15, 0.2) is 0 Å². The summed E-state index contributed by atoms with van der Waals surface area (Å²) in [7, 11) is 0. The maximum atomic E-state index is 3.57. The molecule has 2 heterocycles. The molecule has 87 valence electrons. The second-order valence-corrected chi connectivity index (χ2v) is 5.11. The minimum absolute atomic E-state index is 0.902. The number of hydrogen-bond donors (Lipinski definition) is 1. The SMILES string of the molecule is [CH]1CCCCN(CC2CCCCNC2)C1. The molecule has 0 aliphatic carbocycles. The van der Waals surface area contributed by atoms with Gasteiger partial charge in [0.1, 0.15) is 0 Å². The lowest BCUT2D eigenvalue weighted by atomic mass is 10.0. The fourth-order valence-corrected chi connectivity index (χ4v) is 2.77. The van der Waals surface area contributed by atoms with Gasteiger partial charge in [0.25, 0.3) is 0 Å². The van der Waals surface area contributed by atoms with E-state index in [-0.39, 0.29) is 0 Å². The molecule has 2 nitrogen and oxygen atoms in total. The molecule has 0 aromatic rings. The van der Waals surface area contributed by atoms with Gasteiger partial charge in [-0.25, -0.2) is 0 Å². The molecule has 0 amide bonds. The second-order valence-electron chi connectivity index (χ2n) is 5.11. The Bertz CT molecular complexity index is 136. The van der Waals surface area contributed by atoms with Crippen molar-refractivity contribution in [2.24, 2.45) is 5.92 Å². The number of rotatable bonds is 2. The molecule has 0 bridgehead atoms. The van der Waals surface area contributed by atoms with Gasteiger partial charge >= 0.3 is 0 Å². The first-order valence-corrected chi connectivity index (χ1v) is 6.70. The van der Waals surface area contributed by atoms with E-state index in [1.54, 1.807) is 0 Å². The van der Waals surface area contributed by atoms with Crippen LogP contribution in [0, 0.1) is 12.3 Å². The lowest BCUT2D eigenvalue weighted by Gasteiger charge is -2.25. The van der Waals surface area contributed by atoms with E-state index in [0.29, 0.717) is 0 Å². The first-order valence-electron chi connectivity index (χ1n) is 6.70. The topological polar surface area (TPSA) is 15.3 Å². The van der Waals surface area contributed by atoms with Gasteiger partial charge in [-0.2, -0.15) is 0 Å². The predicted molar refractivity (Wildman–Crippen MR) is 64.8 cm³/mol. The summed E-state index contributed by atoms with van der Waals surface area (Å²) >= 11 is 0. The smallest absolute Gasteiger partial charge is 0.00219 e.